The quantitative estimate of drug-likeness (QED) is 0.655. The van der Waals surface area contributed by atoms with Gasteiger partial charge >= 0.3 is 0 Å². The van der Waals surface area contributed by atoms with Crippen molar-refractivity contribution in [1.29, 1.82) is 0 Å². The zero-order valence-electron chi connectivity index (χ0n) is 8.08. The van der Waals surface area contributed by atoms with Crippen LogP contribution in [-0.4, -0.2) is 5.78 Å². The van der Waals surface area contributed by atoms with E-state index < -0.39 is 0 Å². The van der Waals surface area contributed by atoms with E-state index in [2.05, 4.69) is 11.9 Å². The maximum atomic E-state index is 11.8. The average Bonchev–Trinajstić information content (AvgIpc) is 2.55. The molecule has 0 bridgehead atoms. The molecule has 1 aliphatic rings. The monoisotopic (exact) mass is 195 g/mol. The fourth-order valence-corrected chi connectivity index (χ4v) is 1.99. The number of nitrogens with one attached hydrogen (secondary N) is 1. The summed E-state index contributed by atoms with van der Waals surface area (Å²) >= 11 is 0. The lowest BCUT2D eigenvalue weighted by atomic mass is 10.0. The fraction of sp³-hybridized carbons (Fsp3) is 0. The maximum absolute atomic E-state index is 11.8. The number of allylic oxidation sites excluding steroid dienone is 1. The molecule has 2 aromatic carbocycles. The number of hydrogen-bond acceptors (Lipinski definition) is 2. The van der Waals surface area contributed by atoms with Crippen molar-refractivity contribution in [2.45, 2.75) is 0 Å². The van der Waals surface area contributed by atoms with Crippen LogP contribution in [0, 0.1) is 0 Å². The van der Waals surface area contributed by atoms with Crippen LogP contribution in [0.25, 0.3) is 10.8 Å². The molecule has 72 valence electrons. The van der Waals surface area contributed by atoms with Gasteiger partial charge in [-0.25, -0.2) is 0 Å². The molecule has 1 aliphatic heterocycles. The van der Waals surface area contributed by atoms with Crippen molar-refractivity contribution >= 4 is 22.2 Å². The molecule has 1 N–H and O–H groups in total. The molecule has 0 saturated carbocycles. The summed E-state index contributed by atoms with van der Waals surface area (Å²) in [5.74, 6) is 0.00167. The van der Waals surface area contributed by atoms with Crippen molar-refractivity contribution in [3.63, 3.8) is 0 Å². The van der Waals surface area contributed by atoms with Crippen LogP contribution in [0.2, 0.25) is 0 Å². The van der Waals surface area contributed by atoms with Crippen LogP contribution in [0.3, 0.4) is 0 Å². The van der Waals surface area contributed by atoms with Gasteiger partial charge < -0.3 is 5.32 Å². The molecule has 0 spiro atoms. The first-order valence-electron chi connectivity index (χ1n) is 4.80. The van der Waals surface area contributed by atoms with Crippen molar-refractivity contribution in [3.05, 3.63) is 54.2 Å². The van der Waals surface area contributed by atoms with E-state index in [1.807, 2.05) is 36.4 Å². The Labute approximate surface area is 87.2 Å². The standard InChI is InChI=1S/C13H9NO/c1-8-13(15)12-10-5-3-2-4-9(10)6-7-11(12)14-8/h2-7,14H,1H2. The SMILES string of the molecule is C=C1Nc2ccc3ccccc3c2C1=O. The highest BCUT2D eigenvalue weighted by Crippen LogP contribution is 2.33. The predicted molar refractivity (Wildman–Crippen MR) is 61.0 cm³/mol. The van der Waals surface area contributed by atoms with Crippen molar-refractivity contribution < 1.29 is 4.79 Å². The van der Waals surface area contributed by atoms with Crippen molar-refractivity contribution in [1.82, 2.24) is 0 Å². The Morgan fingerprint density at radius 2 is 1.87 bits per heavy atom. The van der Waals surface area contributed by atoms with Gasteiger partial charge in [0.05, 0.1) is 16.9 Å². The molecule has 2 aromatic rings. The molecule has 0 saturated heterocycles. The Hall–Kier alpha value is -2.09. The molecular formula is C13H9NO. The van der Waals surface area contributed by atoms with Gasteiger partial charge in [-0.2, -0.15) is 0 Å². The average molecular weight is 195 g/mol. The third-order valence-electron chi connectivity index (χ3n) is 2.72. The molecule has 0 fully saturated rings. The Bertz CT molecular complexity index is 599. The van der Waals surface area contributed by atoms with Gasteiger partial charge in [0.25, 0.3) is 0 Å². The van der Waals surface area contributed by atoms with Gasteiger partial charge in [0, 0.05) is 0 Å². The van der Waals surface area contributed by atoms with Crippen LogP contribution in [0.5, 0.6) is 0 Å². The highest BCUT2D eigenvalue weighted by Gasteiger charge is 2.24. The minimum absolute atomic E-state index is 0.00167. The van der Waals surface area contributed by atoms with Gasteiger partial charge in [-0.3, -0.25) is 4.79 Å². The van der Waals surface area contributed by atoms with Crippen molar-refractivity contribution in [2.75, 3.05) is 5.32 Å². The molecule has 2 heteroatoms. The number of carbonyl (C=O) groups excluding carboxylic acids is 1. The number of anilines is 1. The number of ketones is 1. The number of hydrogen-bond donors (Lipinski definition) is 1. The lowest BCUT2D eigenvalue weighted by Crippen LogP contribution is -1.97. The highest BCUT2D eigenvalue weighted by atomic mass is 16.1. The zero-order chi connectivity index (χ0) is 10.4. The maximum Gasteiger partial charge on any atom is 0.211 e. The zero-order valence-corrected chi connectivity index (χ0v) is 8.08. The topological polar surface area (TPSA) is 29.1 Å². The van der Waals surface area contributed by atoms with Crippen molar-refractivity contribution in [2.24, 2.45) is 0 Å². The van der Waals surface area contributed by atoms with Gasteiger partial charge in [-0.15, -0.1) is 0 Å². The second-order valence-electron chi connectivity index (χ2n) is 3.64. The van der Waals surface area contributed by atoms with Crippen LogP contribution in [-0.2, 0) is 0 Å². The summed E-state index contributed by atoms with van der Waals surface area (Å²) < 4.78 is 0. The molecule has 15 heavy (non-hydrogen) atoms. The molecule has 1 heterocycles. The summed E-state index contributed by atoms with van der Waals surface area (Å²) in [6, 6.07) is 11.8. The number of carbonyl (C=O) groups is 1. The Kier molecular flexibility index (Phi) is 1.48. The van der Waals surface area contributed by atoms with E-state index in [0.29, 0.717) is 5.70 Å². The van der Waals surface area contributed by atoms with E-state index >= 15 is 0 Å². The van der Waals surface area contributed by atoms with Gasteiger partial charge in [-0.05, 0) is 16.8 Å². The molecule has 3 rings (SSSR count). The number of Topliss-reactive ketones (excluding diaryl/α,β-unsaturated/α-hetero) is 1. The van der Waals surface area contributed by atoms with E-state index in [1.54, 1.807) is 0 Å². The molecule has 0 aromatic heterocycles. The number of fused-ring (bicyclic) bond motifs is 3. The molecule has 0 unspecified atom stereocenters. The minimum atomic E-state index is 0.00167. The lowest BCUT2D eigenvalue weighted by molar-refractivity contribution is 0.104. The largest absolute Gasteiger partial charge is 0.352 e. The van der Waals surface area contributed by atoms with Gasteiger partial charge in [0.15, 0.2) is 0 Å². The highest BCUT2D eigenvalue weighted by molar-refractivity contribution is 6.24. The second kappa shape index (κ2) is 2.70. The van der Waals surface area contributed by atoms with E-state index in [4.69, 9.17) is 0 Å². The predicted octanol–water partition coefficient (Wildman–Crippen LogP) is 2.96. The Morgan fingerprint density at radius 1 is 1.07 bits per heavy atom. The first-order valence-corrected chi connectivity index (χ1v) is 4.80. The number of rotatable bonds is 0. The van der Waals surface area contributed by atoms with Crippen LogP contribution in [0.15, 0.2) is 48.7 Å². The number of benzene rings is 2. The fourth-order valence-electron chi connectivity index (χ4n) is 1.99. The van der Waals surface area contributed by atoms with Crippen LogP contribution < -0.4 is 5.32 Å². The minimum Gasteiger partial charge on any atom is -0.352 e. The third kappa shape index (κ3) is 1.02. The normalized spacial score (nSPS) is 14.1. The molecule has 0 radical (unpaired) electrons. The van der Waals surface area contributed by atoms with Gasteiger partial charge in [-0.1, -0.05) is 36.9 Å². The first-order chi connectivity index (χ1) is 7.27. The molecule has 0 amide bonds. The van der Waals surface area contributed by atoms with E-state index in [9.17, 15) is 4.79 Å². The summed E-state index contributed by atoms with van der Waals surface area (Å²) in [7, 11) is 0. The summed E-state index contributed by atoms with van der Waals surface area (Å²) in [4.78, 5) is 11.8. The van der Waals surface area contributed by atoms with Gasteiger partial charge in [0.1, 0.15) is 0 Å². The smallest absolute Gasteiger partial charge is 0.211 e. The molecule has 0 atom stereocenters. The summed E-state index contributed by atoms with van der Waals surface area (Å²) in [5.41, 5.74) is 2.07. The molecule has 2 nitrogen and oxygen atoms in total. The van der Waals surface area contributed by atoms with E-state index in [1.165, 1.54) is 0 Å². The molecular weight excluding hydrogens is 186 g/mol. The first kappa shape index (κ1) is 8.24. The van der Waals surface area contributed by atoms with Crippen molar-refractivity contribution in [3.8, 4) is 0 Å². The molecule has 0 aliphatic carbocycles. The Balaban J connectivity index is 2.45. The van der Waals surface area contributed by atoms with Crippen LogP contribution in [0.1, 0.15) is 10.4 Å². The second-order valence-corrected chi connectivity index (χ2v) is 3.64. The Morgan fingerprint density at radius 3 is 2.73 bits per heavy atom. The van der Waals surface area contributed by atoms with E-state index in [0.717, 1.165) is 22.0 Å². The third-order valence-corrected chi connectivity index (χ3v) is 2.72. The van der Waals surface area contributed by atoms with Crippen LogP contribution >= 0.6 is 0 Å². The van der Waals surface area contributed by atoms with E-state index in [-0.39, 0.29) is 5.78 Å². The van der Waals surface area contributed by atoms with Gasteiger partial charge in [0.2, 0.25) is 5.78 Å². The summed E-state index contributed by atoms with van der Waals surface area (Å²) in [5, 5.41) is 5.07. The summed E-state index contributed by atoms with van der Waals surface area (Å²) in [6.07, 6.45) is 0. The van der Waals surface area contributed by atoms with Crippen LogP contribution in [0.4, 0.5) is 5.69 Å². The summed E-state index contributed by atoms with van der Waals surface area (Å²) in [6.45, 7) is 3.70. The lowest BCUT2D eigenvalue weighted by Gasteiger charge is -2.02.